The van der Waals surface area contributed by atoms with Crippen LogP contribution in [-0.4, -0.2) is 37.7 Å². The van der Waals surface area contributed by atoms with Crippen LogP contribution in [0.25, 0.3) is 0 Å². The maximum Gasteiger partial charge on any atom is 0.343 e. The number of hydrazone groups is 1. The molecule has 8 nitrogen and oxygen atoms in total. The first-order chi connectivity index (χ1) is 16.0. The molecule has 9 heteroatoms. The van der Waals surface area contributed by atoms with Gasteiger partial charge in [-0.05, 0) is 54.1 Å². The van der Waals surface area contributed by atoms with Crippen LogP contribution in [0, 0.1) is 0 Å². The smallest absolute Gasteiger partial charge is 0.343 e. The van der Waals surface area contributed by atoms with Gasteiger partial charge in [-0.1, -0.05) is 40.2 Å². The molecule has 0 aliphatic carbocycles. The van der Waals surface area contributed by atoms with Gasteiger partial charge in [0.15, 0.2) is 11.5 Å². The van der Waals surface area contributed by atoms with Crippen molar-refractivity contribution in [2.75, 3.05) is 13.7 Å². The molecule has 0 saturated heterocycles. The second kappa shape index (κ2) is 11.6. The molecular formula is C24H20BrN3O5. The van der Waals surface area contributed by atoms with Crippen molar-refractivity contribution >= 4 is 39.9 Å². The van der Waals surface area contributed by atoms with E-state index in [0.29, 0.717) is 22.4 Å². The number of methoxy groups -OCH3 is 1. The second-order valence-electron chi connectivity index (χ2n) is 6.65. The van der Waals surface area contributed by atoms with Crippen molar-refractivity contribution in [2.45, 2.75) is 0 Å². The molecule has 0 radical (unpaired) electrons. The van der Waals surface area contributed by atoms with Crippen molar-refractivity contribution in [2.24, 2.45) is 5.10 Å². The lowest BCUT2D eigenvalue weighted by molar-refractivity contribution is -0.120. The molecule has 0 heterocycles. The molecule has 2 N–H and O–H groups in total. The van der Waals surface area contributed by atoms with E-state index in [1.165, 1.54) is 13.3 Å². The monoisotopic (exact) mass is 509 g/mol. The van der Waals surface area contributed by atoms with E-state index in [4.69, 9.17) is 9.47 Å². The Labute approximate surface area is 198 Å². The largest absolute Gasteiger partial charge is 0.493 e. The normalized spacial score (nSPS) is 10.5. The molecule has 168 valence electrons. The van der Waals surface area contributed by atoms with Crippen molar-refractivity contribution in [1.82, 2.24) is 10.7 Å². The van der Waals surface area contributed by atoms with Crippen LogP contribution >= 0.6 is 15.9 Å². The van der Waals surface area contributed by atoms with Gasteiger partial charge < -0.3 is 14.8 Å². The van der Waals surface area contributed by atoms with Crippen LogP contribution in [0.3, 0.4) is 0 Å². The van der Waals surface area contributed by atoms with Gasteiger partial charge in [-0.15, -0.1) is 0 Å². The Kier molecular flexibility index (Phi) is 8.31. The number of carbonyl (C=O) groups excluding carboxylic acids is 3. The Morgan fingerprint density at radius 2 is 1.70 bits per heavy atom. The first kappa shape index (κ1) is 23.7. The summed E-state index contributed by atoms with van der Waals surface area (Å²) in [5.74, 6) is -0.790. The number of halogens is 1. The van der Waals surface area contributed by atoms with Crippen LogP contribution in [0.2, 0.25) is 0 Å². The molecule has 3 aromatic rings. The van der Waals surface area contributed by atoms with Crippen molar-refractivity contribution in [1.29, 1.82) is 0 Å². The molecule has 0 saturated carbocycles. The van der Waals surface area contributed by atoms with Crippen LogP contribution in [0.4, 0.5) is 0 Å². The lowest BCUT2D eigenvalue weighted by Gasteiger charge is -2.10. The summed E-state index contributed by atoms with van der Waals surface area (Å²) in [5.41, 5.74) is 3.79. The van der Waals surface area contributed by atoms with E-state index in [1.54, 1.807) is 72.8 Å². The summed E-state index contributed by atoms with van der Waals surface area (Å²) < 4.78 is 11.4. The van der Waals surface area contributed by atoms with E-state index in [-0.39, 0.29) is 18.2 Å². The standard InChI is InChI=1S/C24H20BrN3O5/c1-32-21-12-16(10-11-20(21)33-24(31)17-6-3-2-4-7-17)14-27-28-22(29)15-26-23(30)18-8-5-9-19(25)13-18/h2-14H,15H2,1H3,(H,26,30)(H,28,29)/b27-14+. The average molecular weight is 510 g/mol. The Balaban J connectivity index is 1.53. The fraction of sp³-hybridized carbons (Fsp3) is 0.0833. The minimum absolute atomic E-state index is 0.236. The van der Waals surface area contributed by atoms with Gasteiger partial charge in [0.05, 0.1) is 25.4 Å². The first-order valence-electron chi connectivity index (χ1n) is 9.77. The highest BCUT2D eigenvalue weighted by Crippen LogP contribution is 2.28. The third-order valence-electron chi connectivity index (χ3n) is 4.30. The molecular weight excluding hydrogens is 490 g/mol. The van der Waals surface area contributed by atoms with E-state index in [0.717, 1.165) is 4.47 Å². The maximum absolute atomic E-state index is 12.2. The molecule has 0 unspecified atom stereocenters. The van der Waals surface area contributed by atoms with Gasteiger partial charge in [0, 0.05) is 10.0 Å². The number of rotatable bonds is 8. The number of ether oxygens (including phenoxy) is 2. The predicted molar refractivity (Wildman–Crippen MR) is 127 cm³/mol. The van der Waals surface area contributed by atoms with E-state index >= 15 is 0 Å². The van der Waals surface area contributed by atoms with Crippen molar-refractivity contribution in [3.8, 4) is 11.5 Å². The zero-order valence-electron chi connectivity index (χ0n) is 17.6. The highest BCUT2D eigenvalue weighted by Gasteiger charge is 2.12. The molecule has 3 rings (SSSR count). The van der Waals surface area contributed by atoms with E-state index in [9.17, 15) is 14.4 Å². The van der Waals surface area contributed by atoms with Crippen molar-refractivity contribution in [3.63, 3.8) is 0 Å². The Hall–Kier alpha value is -3.98. The third kappa shape index (κ3) is 7.01. The summed E-state index contributed by atoms with van der Waals surface area (Å²) >= 11 is 3.29. The van der Waals surface area contributed by atoms with Crippen LogP contribution in [-0.2, 0) is 4.79 Å². The van der Waals surface area contributed by atoms with Gasteiger partial charge in [0.2, 0.25) is 0 Å². The summed E-state index contributed by atoms with van der Waals surface area (Å²) in [6, 6.07) is 20.3. The molecule has 0 aliphatic heterocycles. The first-order valence-corrected chi connectivity index (χ1v) is 10.6. The SMILES string of the molecule is COc1cc(/C=N/NC(=O)CNC(=O)c2cccc(Br)c2)ccc1OC(=O)c1ccccc1. The van der Waals surface area contributed by atoms with E-state index in [1.807, 2.05) is 0 Å². The summed E-state index contributed by atoms with van der Waals surface area (Å²) in [4.78, 5) is 36.3. The van der Waals surface area contributed by atoms with Gasteiger partial charge in [-0.2, -0.15) is 5.10 Å². The fourth-order valence-corrected chi connectivity index (χ4v) is 3.09. The lowest BCUT2D eigenvalue weighted by Crippen LogP contribution is -2.34. The molecule has 33 heavy (non-hydrogen) atoms. The Bertz CT molecular complexity index is 1180. The molecule has 3 aromatic carbocycles. The number of esters is 1. The van der Waals surface area contributed by atoms with Gasteiger partial charge in [-0.3, -0.25) is 9.59 Å². The molecule has 0 bridgehead atoms. The van der Waals surface area contributed by atoms with E-state index in [2.05, 4.69) is 31.8 Å². The molecule has 0 aliphatic rings. The highest BCUT2D eigenvalue weighted by molar-refractivity contribution is 9.10. The van der Waals surface area contributed by atoms with Gasteiger partial charge >= 0.3 is 5.97 Å². The number of amides is 2. The minimum Gasteiger partial charge on any atom is -0.493 e. The third-order valence-corrected chi connectivity index (χ3v) is 4.79. The number of nitrogens with zero attached hydrogens (tertiary/aromatic N) is 1. The Morgan fingerprint density at radius 1 is 0.939 bits per heavy atom. The number of hydrogen-bond donors (Lipinski definition) is 2. The van der Waals surface area contributed by atoms with Gasteiger partial charge in [0.1, 0.15) is 0 Å². The number of hydrogen-bond acceptors (Lipinski definition) is 6. The predicted octanol–water partition coefficient (Wildman–Crippen LogP) is 3.56. The second-order valence-corrected chi connectivity index (χ2v) is 7.57. The summed E-state index contributed by atoms with van der Waals surface area (Å²) in [6.07, 6.45) is 1.40. The fourth-order valence-electron chi connectivity index (χ4n) is 2.69. The van der Waals surface area contributed by atoms with Gasteiger partial charge in [0.25, 0.3) is 11.8 Å². The maximum atomic E-state index is 12.2. The summed E-state index contributed by atoms with van der Waals surface area (Å²) in [6.45, 7) is -0.236. The minimum atomic E-state index is -0.507. The number of nitrogens with one attached hydrogen (secondary N) is 2. The van der Waals surface area contributed by atoms with Crippen LogP contribution in [0.15, 0.2) is 82.4 Å². The lowest BCUT2D eigenvalue weighted by atomic mass is 10.2. The quantitative estimate of drug-likeness (QED) is 0.209. The van der Waals surface area contributed by atoms with E-state index < -0.39 is 11.9 Å². The van der Waals surface area contributed by atoms with Crippen LogP contribution < -0.4 is 20.2 Å². The topological polar surface area (TPSA) is 106 Å². The summed E-state index contributed by atoms with van der Waals surface area (Å²) in [5, 5.41) is 6.39. The molecule has 2 amide bonds. The molecule has 0 fully saturated rings. The number of benzene rings is 3. The van der Waals surface area contributed by atoms with Crippen LogP contribution in [0.5, 0.6) is 11.5 Å². The highest BCUT2D eigenvalue weighted by atomic mass is 79.9. The molecule has 0 atom stereocenters. The number of carbonyl (C=O) groups is 3. The van der Waals surface area contributed by atoms with Gasteiger partial charge in [-0.25, -0.2) is 10.2 Å². The zero-order chi connectivity index (χ0) is 23.6. The molecule has 0 spiro atoms. The van der Waals surface area contributed by atoms with Crippen LogP contribution in [0.1, 0.15) is 26.3 Å². The molecule has 0 aromatic heterocycles. The van der Waals surface area contributed by atoms with Crippen molar-refractivity contribution < 1.29 is 23.9 Å². The summed E-state index contributed by atoms with van der Waals surface area (Å²) in [7, 11) is 1.45. The Morgan fingerprint density at radius 3 is 2.42 bits per heavy atom. The zero-order valence-corrected chi connectivity index (χ0v) is 19.2. The average Bonchev–Trinajstić information content (AvgIpc) is 2.83. The van der Waals surface area contributed by atoms with Crippen molar-refractivity contribution in [3.05, 3.63) is 94.0 Å².